The van der Waals surface area contributed by atoms with Gasteiger partial charge in [-0.05, 0) is 81.5 Å². The van der Waals surface area contributed by atoms with E-state index in [1.54, 1.807) is 18.2 Å². The highest BCUT2D eigenvalue weighted by molar-refractivity contribution is 6.22. The molecule has 0 aliphatic carbocycles. The summed E-state index contributed by atoms with van der Waals surface area (Å²) in [6.07, 6.45) is 4.91. The maximum absolute atomic E-state index is 15.2. The number of imidazole rings is 1. The third-order valence-electron chi connectivity index (χ3n) is 12.0. The number of piperazine rings is 1. The van der Waals surface area contributed by atoms with Gasteiger partial charge in [0.15, 0.2) is 11.6 Å². The summed E-state index contributed by atoms with van der Waals surface area (Å²) in [7, 11) is 0. The van der Waals surface area contributed by atoms with Crippen LogP contribution in [0.3, 0.4) is 0 Å². The minimum Gasteiger partial charge on any atom is -0.371 e. The predicted octanol–water partition coefficient (Wildman–Crippen LogP) is 5.29. The quantitative estimate of drug-likeness (QED) is 0.175. The minimum absolute atomic E-state index is 0.0134. The number of pyridine rings is 1. The number of aryl methyl sites for hydroxylation is 1. The normalized spacial score (nSPS) is 18.2. The van der Waals surface area contributed by atoms with Crippen molar-refractivity contribution in [2.24, 2.45) is 5.92 Å². The first-order chi connectivity index (χ1) is 29.4. The Morgan fingerprint density at radius 3 is 2.30 bits per heavy atom. The van der Waals surface area contributed by atoms with Gasteiger partial charge < -0.3 is 19.7 Å². The molecule has 0 radical (unpaired) electrons. The molecule has 0 bridgehead atoms. The monoisotopic (exact) mass is 832 g/mol. The molecule has 2 aromatic carbocycles. The summed E-state index contributed by atoms with van der Waals surface area (Å²) in [6.45, 7) is 13.0. The average molecular weight is 833 g/mol. The Balaban J connectivity index is 0.744. The van der Waals surface area contributed by atoms with Crippen molar-refractivity contribution < 1.29 is 28.0 Å². The zero-order chi connectivity index (χ0) is 42.5. The van der Waals surface area contributed by atoms with Gasteiger partial charge in [-0.25, -0.2) is 38.5 Å². The number of aromatic nitrogens is 5. The summed E-state index contributed by atoms with van der Waals surface area (Å²) in [5, 5.41) is 7.07. The van der Waals surface area contributed by atoms with Crippen LogP contribution < -0.4 is 15.5 Å². The number of hydrogen-bond donors (Lipinski definition) is 2. The van der Waals surface area contributed by atoms with Crippen LogP contribution in [0, 0.1) is 24.5 Å². The average Bonchev–Trinajstić information content (AvgIpc) is 3.72. The highest BCUT2D eigenvalue weighted by atomic mass is 19.1. The Kier molecular flexibility index (Phi) is 10.6. The molecule has 4 aliphatic heterocycles. The second-order valence-electron chi connectivity index (χ2n) is 16.4. The molecule has 3 aromatic heterocycles. The van der Waals surface area contributed by atoms with Crippen LogP contribution in [-0.4, -0.2) is 120 Å². The Bertz CT molecular complexity index is 2550. The maximum Gasteiger partial charge on any atom is 0.343 e. The molecule has 0 saturated carbocycles. The maximum atomic E-state index is 15.2. The number of hydrogen-bond acceptors (Lipinski definition) is 12. The summed E-state index contributed by atoms with van der Waals surface area (Å²) in [5.74, 6) is -0.914. The number of imide groups is 2. The number of carbonyl (C=O) groups is 4. The molecule has 16 nitrogen and oxygen atoms in total. The number of urea groups is 1. The molecule has 18 heteroatoms. The molecule has 316 valence electrons. The van der Waals surface area contributed by atoms with Gasteiger partial charge in [-0.2, -0.15) is 5.01 Å². The predicted molar refractivity (Wildman–Crippen MR) is 222 cm³/mol. The Morgan fingerprint density at radius 2 is 1.57 bits per heavy atom. The Labute approximate surface area is 350 Å². The smallest absolute Gasteiger partial charge is 0.343 e. The number of piperidine rings is 1. The first-order valence-corrected chi connectivity index (χ1v) is 20.7. The second kappa shape index (κ2) is 16.2. The molecule has 0 spiro atoms. The first-order valence-electron chi connectivity index (χ1n) is 20.7. The zero-order valence-electron chi connectivity index (χ0n) is 34.2. The van der Waals surface area contributed by atoms with Crippen LogP contribution in [0.1, 0.15) is 71.3 Å². The Morgan fingerprint density at radius 1 is 0.820 bits per heavy atom. The zero-order valence-corrected chi connectivity index (χ0v) is 34.2. The molecule has 5 aromatic rings. The summed E-state index contributed by atoms with van der Waals surface area (Å²) in [6, 6.07) is 11.3. The highest BCUT2D eigenvalue weighted by Gasteiger charge is 2.43. The molecular formula is C43H46F2N12O4. The molecule has 0 atom stereocenters. The van der Waals surface area contributed by atoms with Gasteiger partial charge in [-0.1, -0.05) is 6.07 Å². The Hall–Kier alpha value is -6.40. The number of anilines is 3. The van der Waals surface area contributed by atoms with Crippen LogP contribution in [0.2, 0.25) is 0 Å². The van der Waals surface area contributed by atoms with Crippen LogP contribution in [0.15, 0.2) is 54.9 Å². The van der Waals surface area contributed by atoms with Crippen molar-refractivity contribution in [2.45, 2.75) is 52.6 Å². The van der Waals surface area contributed by atoms with Crippen LogP contribution in [-0.2, 0) is 11.3 Å². The van der Waals surface area contributed by atoms with E-state index < -0.39 is 35.4 Å². The fourth-order valence-corrected chi connectivity index (χ4v) is 8.90. The van der Waals surface area contributed by atoms with Gasteiger partial charge in [-0.15, -0.1) is 0 Å². The lowest BCUT2D eigenvalue weighted by atomic mass is 9.95. The summed E-state index contributed by atoms with van der Waals surface area (Å²) < 4.78 is 32.1. The number of fused-ring (bicyclic) bond motifs is 2. The first kappa shape index (κ1) is 40.0. The van der Waals surface area contributed by atoms with Crippen molar-refractivity contribution in [3.8, 4) is 11.3 Å². The third kappa shape index (κ3) is 7.88. The highest BCUT2D eigenvalue weighted by Crippen LogP contribution is 2.33. The van der Waals surface area contributed by atoms with Crippen molar-refractivity contribution in [1.29, 1.82) is 0 Å². The molecule has 9 rings (SSSR count). The lowest BCUT2D eigenvalue weighted by Gasteiger charge is -2.39. The topological polar surface area (TPSA) is 165 Å². The second-order valence-corrected chi connectivity index (χ2v) is 16.4. The number of amides is 5. The number of carbonyl (C=O) groups excluding carboxylic acids is 4. The lowest BCUT2D eigenvalue weighted by Crippen LogP contribution is -2.58. The third-order valence-corrected chi connectivity index (χ3v) is 12.0. The summed E-state index contributed by atoms with van der Waals surface area (Å²) >= 11 is 0. The summed E-state index contributed by atoms with van der Waals surface area (Å²) in [4.78, 5) is 75.0. The largest absolute Gasteiger partial charge is 0.371 e. The molecule has 3 fully saturated rings. The number of halogens is 2. The van der Waals surface area contributed by atoms with Crippen LogP contribution in [0.25, 0.3) is 22.3 Å². The van der Waals surface area contributed by atoms with E-state index in [2.05, 4.69) is 45.3 Å². The van der Waals surface area contributed by atoms with E-state index in [0.29, 0.717) is 23.1 Å². The van der Waals surface area contributed by atoms with Gasteiger partial charge >= 0.3 is 6.03 Å². The summed E-state index contributed by atoms with van der Waals surface area (Å²) in [5.41, 5.74) is 3.52. The van der Waals surface area contributed by atoms with E-state index in [9.17, 15) is 19.2 Å². The van der Waals surface area contributed by atoms with Crippen LogP contribution in [0.4, 0.5) is 31.0 Å². The standard InChI is InChI=1S/C43H46F2N12O4/c1-25(2)56-26(3)48-39-33(44)18-29(19-35(39)56)38-34(45)22-47-42(51-38)49-36-7-4-28(21-46-36)24-53-16-14-52(15-17-53)23-27-8-11-54(12-9-27)30-5-6-31-32(20-30)41(60)57(40(31)59)55-13-10-37(58)50-43(55)61/h4-7,18-22,25,27H,8-17,23-24H2,1-3H3,(H,50,58,61)(H,46,47,49,51). The van der Waals surface area contributed by atoms with Crippen LogP contribution in [0.5, 0.6) is 0 Å². The van der Waals surface area contributed by atoms with E-state index in [0.717, 1.165) is 92.7 Å². The SMILES string of the molecule is Cc1nc2c(F)cc(-c3nc(Nc4ccc(CN5CCN(CC6CCN(c7ccc8c(c7)C(=O)N(N7CCC(=O)NC7=O)C8=O)CC6)CC5)cn4)ncc3F)cc2n1C(C)C. The van der Waals surface area contributed by atoms with E-state index in [-0.39, 0.29) is 52.9 Å². The number of nitrogens with one attached hydrogen (secondary N) is 2. The molecule has 5 amide bonds. The van der Waals surface area contributed by atoms with Crippen LogP contribution >= 0.6 is 0 Å². The van der Waals surface area contributed by atoms with Gasteiger partial charge in [0.05, 0.1) is 29.4 Å². The van der Waals surface area contributed by atoms with Crippen molar-refractivity contribution >= 4 is 52.2 Å². The number of nitrogens with zero attached hydrogens (tertiary/aromatic N) is 10. The molecule has 3 saturated heterocycles. The van der Waals surface area contributed by atoms with E-state index in [4.69, 9.17) is 0 Å². The number of hydrazine groups is 1. The van der Waals surface area contributed by atoms with Gasteiger partial charge in [0, 0.05) is 82.3 Å². The number of rotatable bonds is 10. The van der Waals surface area contributed by atoms with Gasteiger partial charge in [-0.3, -0.25) is 24.6 Å². The fourth-order valence-electron chi connectivity index (χ4n) is 8.90. The molecule has 2 N–H and O–H groups in total. The lowest BCUT2D eigenvalue weighted by molar-refractivity contribution is -0.122. The van der Waals surface area contributed by atoms with Crippen molar-refractivity contribution in [3.63, 3.8) is 0 Å². The molecule has 61 heavy (non-hydrogen) atoms. The van der Waals surface area contributed by atoms with Crippen molar-refractivity contribution in [1.82, 2.24) is 49.6 Å². The van der Waals surface area contributed by atoms with Gasteiger partial charge in [0.25, 0.3) is 11.8 Å². The van der Waals surface area contributed by atoms with Crippen molar-refractivity contribution in [3.05, 3.63) is 89.0 Å². The molecule has 0 unspecified atom stereocenters. The molecule has 7 heterocycles. The van der Waals surface area contributed by atoms with Gasteiger partial charge in [0.2, 0.25) is 11.9 Å². The van der Waals surface area contributed by atoms with Gasteiger partial charge in [0.1, 0.15) is 22.9 Å². The molecular weight excluding hydrogens is 787 g/mol. The van der Waals surface area contributed by atoms with Crippen molar-refractivity contribution in [2.75, 3.05) is 62.6 Å². The minimum atomic E-state index is -0.778. The van der Waals surface area contributed by atoms with E-state index in [1.165, 1.54) is 6.07 Å². The number of benzene rings is 2. The fraction of sp³-hybridized carbons (Fsp3) is 0.395. The van der Waals surface area contributed by atoms with E-state index in [1.807, 2.05) is 49.7 Å². The molecule has 4 aliphatic rings. The van der Waals surface area contributed by atoms with E-state index >= 15 is 8.78 Å².